The standard InChI is InChI=1S/C19H19N3O3/c23-18(22-10-9-17(22)14-5-2-1-3-6-14)20-15-7-4-8-16(13-15)21-11-12-25-19(21)24/h1-8,13,17H,9-12H2,(H,20,23)/t17-/m1/s1. The molecule has 0 radical (unpaired) electrons. The van der Waals surface area contributed by atoms with Gasteiger partial charge in [0.15, 0.2) is 0 Å². The Kier molecular flexibility index (Phi) is 4.01. The molecule has 0 bridgehead atoms. The van der Waals surface area contributed by atoms with Gasteiger partial charge in [0.1, 0.15) is 6.61 Å². The van der Waals surface area contributed by atoms with E-state index >= 15 is 0 Å². The van der Waals surface area contributed by atoms with E-state index in [2.05, 4.69) is 5.32 Å². The van der Waals surface area contributed by atoms with Gasteiger partial charge in [-0.05, 0) is 30.2 Å². The minimum absolute atomic E-state index is 0.123. The molecule has 25 heavy (non-hydrogen) atoms. The summed E-state index contributed by atoms with van der Waals surface area (Å²) in [4.78, 5) is 27.7. The molecular weight excluding hydrogens is 318 g/mol. The van der Waals surface area contributed by atoms with Gasteiger partial charge in [-0.15, -0.1) is 0 Å². The zero-order valence-corrected chi connectivity index (χ0v) is 13.7. The summed E-state index contributed by atoms with van der Waals surface area (Å²) in [6.45, 7) is 1.66. The van der Waals surface area contributed by atoms with Crippen molar-refractivity contribution in [3.8, 4) is 0 Å². The van der Waals surface area contributed by atoms with E-state index in [9.17, 15) is 9.59 Å². The fraction of sp³-hybridized carbons (Fsp3) is 0.263. The number of anilines is 2. The van der Waals surface area contributed by atoms with E-state index in [0.717, 1.165) is 24.2 Å². The number of cyclic esters (lactones) is 1. The molecule has 2 aliphatic heterocycles. The van der Waals surface area contributed by atoms with E-state index in [-0.39, 0.29) is 18.2 Å². The Hall–Kier alpha value is -3.02. The number of likely N-dealkylation sites (tertiary alicyclic amines) is 1. The topological polar surface area (TPSA) is 61.9 Å². The Bertz CT molecular complexity index is 794. The summed E-state index contributed by atoms with van der Waals surface area (Å²) in [5.41, 5.74) is 2.54. The minimum Gasteiger partial charge on any atom is -0.447 e. The summed E-state index contributed by atoms with van der Waals surface area (Å²) in [6, 6.07) is 17.3. The Balaban J connectivity index is 1.45. The van der Waals surface area contributed by atoms with Crippen LogP contribution in [0.3, 0.4) is 0 Å². The van der Waals surface area contributed by atoms with Crippen molar-refractivity contribution in [3.05, 3.63) is 60.2 Å². The van der Waals surface area contributed by atoms with Crippen LogP contribution < -0.4 is 10.2 Å². The van der Waals surface area contributed by atoms with Gasteiger partial charge in [0.05, 0.1) is 12.6 Å². The third-order valence-corrected chi connectivity index (χ3v) is 4.63. The lowest BCUT2D eigenvalue weighted by molar-refractivity contribution is 0.126. The fourth-order valence-electron chi connectivity index (χ4n) is 3.23. The molecule has 2 aliphatic rings. The predicted molar refractivity (Wildman–Crippen MR) is 94.7 cm³/mol. The van der Waals surface area contributed by atoms with Crippen molar-refractivity contribution in [2.75, 3.05) is 29.9 Å². The third-order valence-electron chi connectivity index (χ3n) is 4.63. The van der Waals surface area contributed by atoms with Crippen LogP contribution in [0.5, 0.6) is 0 Å². The highest BCUT2D eigenvalue weighted by Crippen LogP contribution is 2.33. The molecule has 1 N–H and O–H groups in total. The lowest BCUT2D eigenvalue weighted by Crippen LogP contribution is -2.47. The number of hydrogen-bond donors (Lipinski definition) is 1. The maximum absolute atomic E-state index is 12.6. The molecule has 0 aliphatic carbocycles. The van der Waals surface area contributed by atoms with E-state index in [1.54, 1.807) is 11.0 Å². The van der Waals surface area contributed by atoms with Crippen molar-refractivity contribution in [1.29, 1.82) is 0 Å². The average Bonchev–Trinajstić information content (AvgIpc) is 3.01. The second-order valence-electron chi connectivity index (χ2n) is 6.16. The second kappa shape index (κ2) is 6.47. The van der Waals surface area contributed by atoms with Gasteiger partial charge < -0.3 is 15.0 Å². The summed E-state index contributed by atoms with van der Waals surface area (Å²) in [5.74, 6) is 0. The van der Waals surface area contributed by atoms with Crippen LogP contribution in [0, 0.1) is 0 Å². The first-order chi connectivity index (χ1) is 12.2. The molecule has 2 heterocycles. The SMILES string of the molecule is O=C1OCCN1c1cccc(NC(=O)N2CC[C@@H]2c2ccccc2)c1. The lowest BCUT2D eigenvalue weighted by Gasteiger charge is -2.41. The lowest BCUT2D eigenvalue weighted by atomic mass is 9.95. The number of nitrogens with zero attached hydrogens (tertiary/aromatic N) is 2. The highest BCUT2D eigenvalue weighted by Gasteiger charge is 2.33. The molecule has 2 saturated heterocycles. The van der Waals surface area contributed by atoms with E-state index in [1.165, 1.54) is 0 Å². The van der Waals surface area contributed by atoms with E-state index in [1.807, 2.05) is 53.4 Å². The molecule has 0 aromatic heterocycles. The maximum atomic E-state index is 12.6. The van der Waals surface area contributed by atoms with Crippen molar-refractivity contribution in [3.63, 3.8) is 0 Å². The van der Waals surface area contributed by atoms with Crippen molar-refractivity contribution >= 4 is 23.5 Å². The fourth-order valence-corrected chi connectivity index (χ4v) is 3.23. The maximum Gasteiger partial charge on any atom is 0.414 e. The molecule has 1 atom stereocenters. The first kappa shape index (κ1) is 15.5. The van der Waals surface area contributed by atoms with Crippen molar-refractivity contribution in [1.82, 2.24) is 4.90 Å². The van der Waals surface area contributed by atoms with Gasteiger partial charge in [0.2, 0.25) is 0 Å². The summed E-state index contributed by atoms with van der Waals surface area (Å²) >= 11 is 0. The summed E-state index contributed by atoms with van der Waals surface area (Å²) in [6.07, 6.45) is 0.618. The number of carbonyl (C=O) groups is 2. The van der Waals surface area contributed by atoms with Gasteiger partial charge in [-0.2, -0.15) is 0 Å². The van der Waals surface area contributed by atoms with Crippen molar-refractivity contribution < 1.29 is 14.3 Å². The smallest absolute Gasteiger partial charge is 0.414 e. The Labute approximate surface area is 146 Å². The summed E-state index contributed by atoms with van der Waals surface area (Å²) in [7, 11) is 0. The monoisotopic (exact) mass is 337 g/mol. The first-order valence-corrected chi connectivity index (χ1v) is 8.39. The molecule has 128 valence electrons. The van der Waals surface area contributed by atoms with Crippen molar-refractivity contribution in [2.24, 2.45) is 0 Å². The zero-order valence-electron chi connectivity index (χ0n) is 13.7. The third kappa shape index (κ3) is 3.03. The van der Waals surface area contributed by atoms with Crippen LogP contribution in [0.15, 0.2) is 54.6 Å². The molecule has 0 spiro atoms. The number of rotatable bonds is 3. The molecular formula is C19H19N3O3. The van der Waals surface area contributed by atoms with E-state index in [0.29, 0.717) is 18.8 Å². The molecule has 6 nitrogen and oxygen atoms in total. The van der Waals surface area contributed by atoms with Crippen LogP contribution in [-0.2, 0) is 4.74 Å². The number of ether oxygens (including phenoxy) is 1. The van der Waals surface area contributed by atoms with Gasteiger partial charge in [0, 0.05) is 17.9 Å². The highest BCUT2D eigenvalue weighted by atomic mass is 16.6. The molecule has 2 aromatic rings. The Morgan fingerprint density at radius 1 is 1.08 bits per heavy atom. The first-order valence-electron chi connectivity index (χ1n) is 8.39. The number of amides is 3. The second-order valence-corrected chi connectivity index (χ2v) is 6.16. The Morgan fingerprint density at radius 3 is 2.60 bits per heavy atom. The van der Waals surface area contributed by atoms with E-state index in [4.69, 9.17) is 4.74 Å². The van der Waals surface area contributed by atoms with Gasteiger partial charge in [-0.25, -0.2) is 9.59 Å². The molecule has 0 saturated carbocycles. The number of hydrogen-bond acceptors (Lipinski definition) is 3. The molecule has 2 fully saturated rings. The quantitative estimate of drug-likeness (QED) is 0.930. The summed E-state index contributed by atoms with van der Waals surface area (Å²) in [5, 5.41) is 2.93. The average molecular weight is 337 g/mol. The van der Waals surface area contributed by atoms with Gasteiger partial charge >= 0.3 is 12.1 Å². The zero-order chi connectivity index (χ0) is 17.2. The number of urea groups is 1. The number of nitrogens with one attached hydrogen (secondary N) is 1. The van der Waals surface area contributed by atoms with Gasteiger partial charge in [-0.3, -0.25) is 4.90 Å². The van der Waals surface area contributed by atoms with Crippen LogP contribution in [0.2, 0.25) is 0 Å². The van der Waals surface area contributed by atoms with Crippen LogP contribution in [-0.4, -0.2) is 36.7 Å². The number of benzene rings is 2. The Morgan fingerprint density at radius 2 is 1.92 bits per heavy atom. The van der Waals surface area contributed by atoms with Crippen molar-refractivity contribution in [2.45, 2.75) is 12.5 Å². The van der Waals surface area contributed by atoms with Crippen LogP contribution in [0.4, 0.5) is 21.0 Å². The van der Waals surface area contributed by atoms with E-state index < -0.39 is 0 Å². The minimum atomic E-state index is -0.352. The molecule has 6 heteroatoms. The molecule has 3 amide bonds. The van der Waals surface area contributed by atoms with Crippen LogP contribution in [0.1, 0.15) is 18.0 Å². The van der Waals surface area contributed by atoms with Crippen LogP contribution in [0.25, 0.3) is 0 Å². The largest absolute Gasteiger partial charge is 0.447 e. The number of carbonyl (C=O) groups excluding carboxylic acids is 2. The molecule has 2 aromatic carbocycles. The highest BCUT2D eigenvalue weighted by molar-refractivity contribution is 5.93. The van der Waals surface area contributed by atoms with Gasteiger partial charge in [-0.1, -0.05) is 36.4 Å². The normalized spacial score (nSPS) is 19.4. The molecule has 0 unspecified atom stereocenters. The van der Waals surface area contributed by atoms with Gasteiger partial charge in [0.25, 0.3) is 0 Å². The molecule has 4 rings (SSSR count). The van der Waals surface area contributed by atoms with Crippen LogP contribution >= 0.6 is 0 Å². The predicted octanol–water partition coefficient (Wildman–Crippen LogP) is 3.62. The summed E-state index contributed by atoms with van der Waals surface area (Å²) < 4.78 is 4.96.